The molecule has 0 amide bonds. The van der Waals surface area contributed by atoms with E-state index in [-0.39, 0.29) is 12.0 Å². The third-order valence-electron chi connectivity index (χ3n) is 2.49. The van der Waals surface area contributed by atoms with Gasteiger partial charge in [0.05, 0.1) is 0 Å². The molecular formula is C12H16F2O2. The number of aliphatic hydroxyl groups excluding tert-OH is 2. The number of rotatable bonds is 5. The molecule has 0 bridgehead atoms. The molecule has 0 spiro atoms. The highest BCUT2D eigenvalue weighted by Crippen LogP contribution is 2.35. The summed E-state index contributed by atoms with van der Waals surface area (Å²) in [5.74, 6) is -3.52. The van der Waals surface area contributed by atoms with Crippen molar-refractivity contribution < 1.29 is 19.0 Å². The molecule has 1 aromatic carbocycles. The molecule has 4 heteroatoms. The average Bonchev–Trinajstić information content (AvgIpc) is 2.29. The highest BCUT2D eigenvalue weighted by atomic mass is 19.3. The molecule has 2 N–H and O–H groups in total. The lowest BCUT2D eigenvalue weighted by Crippen LogP contribution is -2.39. The minimum Gasteiger partial charge on any atom is -0.387 e. The first-order chi connectivity index (χ1) is 7.50. The van der Waals surface area contributed by atoms with Gasteiger partial charge in [0, 0.05) is 0 Å². The fraction of sp³-hybridized carbons (Fsp3) is 0.500. The van der Waals surface area contributed by atoms with Gasteiger partial charge in [0.25, 0.3) is 0 Å². The number of alkyl halides is 2. The SMILES string of the molecule is CCC[C@@H](O)C(F)(F)[C@H](O)c1ccccc1. The van der Waals surface area contributed by atoms with Gasteiger partial charge in [0.2, 0.25) is 0 Å². The second-order valence-electron chi connectivity index (χ2n) is 3.79. The molecule has 0 saturated carbocycles. The Kier molecular flexibility index (Phi) is 4.38. The zero-order valence-corrected chi connectivity index (χ0v) is 9.11. The molecule has 1 rings (SSSR count). The number of hydrogen-bond acceptors (Lipinski definition) is 2. The first-order valence-electron chi connectivity index (χ1n) is 5.29. The highest BCUT2D eigenvalue weighted by Gasteiger charge is 2.45. The largest absolute Gasteiger partial charge is 0.387 e. The first kappa shape index (κ1) is 13.1. The maximum Gasteiger partial charge on any atom is 0.302 e. The third kappa shape index (κ3) is 2.77. The zero-order valence-electron chi connectivity index (χ0n) is 9.11. The van der Waals surface area contributed by atoms with Crippen molar-refractivity contribution in [3.63, 3.8) is 0 Å². The fourth-order valence-corrected chi connectivity index (χ4v) is 1.51. The first-order valence-corrected chi connectivity index (χ1v) is 5.29. The van der Waals surface area contributed by atoms with Gasteiger partial charge in [-0.05, 0) is 12.0 Å². The molecule has 0 heterocycles. The van der Waals surface area contributed by atoms with Crippen LogP contribution < -0.4 is 0 Å². The number of hydrogen-bond donors (Lipinski definition) is 2. The Morgan fingerprint density at radius 3 is 2.25 bits per heavy atom. The minimum atomic E-state index is -3.52. The van der Waals surface area contributed by atoms with Crippen LogP contribution in [-0.2, 0) is 0 Å². The Labute approximate surface area is 93.5 Å². The van der Waals surface area contributed by atoms with Gasteiger partial charge in [0.1, 0.15) is 12.2 Å². The third-order valence-corrected chi connectivity index (χ3v) is 2.49. The van der Waals surface area contributed by atoms with Crippen molar-refractivity contribution in [2.75, 3.05) is 0 Å². The molecule has 0 unspecified atom stereocenters. The van der Waals surface area contributed by atoms with Crippen LogP contribution in [0.15, 0.2) is 30.3 Å². The molecule has 0 aliphatic heterocycles. The van der Waals surface area contributed by atoms with E-state index in [1.807, 2.05) is 0 Å². The van der Waals surface area contributed by atoms with E-state index >= 15 is 0 Å². The van der Waals surface area contributed by atoms with E-state index in [4.69, 9.17) is 0 Å². The van der Waals surface area contributed by atoms with Gasteiger partial charge < -0.3 is 10.2 Å². The van der Waals surface area contributed by atoms with Gasteiger partial charge in [-0.2, -0.15) is 0 Å². The molecule has 2 atom stereocenters. The number of benzene rings is 1. The monoisotopic (exact) mass is 230 g/mol. The van der Waals surface area contributed by atoms with E-state index in [0.29, 0.717) is 6.42 Å². The summed E-state index contributed by atoms with van der Waals surface area (Å²) in [7, 11) is 0. The molecular weight excluding hydrogens is 214 g/mol. The van der Waals surface area contributed by atoms with E-state index in [9.17, 15) is 19.0 Å². The predicted octanol–water partition coefficient (Wildman–Crippen LogP) is 2.52. The van der Waals surface area contributed by atoms with Crippen LogP contribution in [0.4, 0.5) is 8.78 Å². The van der Waals surface area contributed by atoms with Crippen molar-refractivity contribution in [3.8, 4) is 0 Å². The van der Waals surface area contributed by atoms with E-state index in [2.05, 4.69) is 0 Å². The molecule has 0 fully saturated rings. The van der Waals surface area contributed by atoms with Crippen LogP contribution in [0.3, 0.4) is 0 Å². The molecule has 0 aromatic heterocycles. The molecule has 1 aromatic rings. The van der Waals surface area contributed by atoms with Crippen LogP contribution in [0.25, 0.3) is 0 Å². The standard InChI is InChI=1S/C12H16F2O2/c1-2-6-10(15)12(13,14)11(16)9-7-4-3-5-8-9/h3-5,7-8,10-11,15-16H,2,6H2,1H3/t10-,11-/m1/s1. The summed E-state index contributed by atoms with van der Waals surface area (Å²) in [4.78, 5) is 0. The topological polar surface area (TPSA) is 40.5 Å². The maximum atomic E-state index is 13.6. The lowest BCUT2D eigenvalue weighted by molar-refractivity contribution is -0.180. The van der Waals surface area contributed by atoms with Crippen molar-refractivity contribution in [1.82, 2.24) is 0 Å². The van der Waals surface area contributed by atoms with Crippen LogP contribution in [-0.4, -0.2) is 22.2 Å². The van der Waals surface area contributed by atoms with Crippen molar-refractivity contribution in [1.29, 1.82) is 0 Å². The summed E-state index contributed by atoms with van der Waals surface area (Å²) in [6, 6.07) is 7.65. The van der Waals surface area contributed by atoms with Gasteiger partial charge >= 0.3 is 5.92 Å². The maximum absolute atomic E-state index is 13.6. The Hall–Kier alpha value is -1.00. The highest BCUT2D eigenvalue weighted by molar-refractivity contribution is 5.19. The second-order valence-corrected chi connectivity index (χ2v) is 3.79. The molecule has 2 nitrogen and oxygen atoms in total. The van der Waals surface area contributed by atoms with Gasteiger partial charge in [-0.1, -0.05) is 43.7 Å². The van der Waals surface area contributed by atoms with E-state index in [0.717, 1.165) is 0 Å². The summed E-state index contributed by atoms with van der Waals surface area (Å²) in [5, 5.41) is 18.8. The quantitative estimate of drug-likeness (QED) is 0.816. The van der Waals surface area contributed by atoms with E-state index < -0.39 is 18.1 Å². The summed E-state index contributed by atoms with van der Waals surface area (Å²) in [6.45, 7) is 1.70. The number of halogens is 2. The van der Waals surface area contributed by atoms with Crippen molar-refractivity contribution in [2.45, 2.75) is 37.9 Å². The average molecular weight is 230 g/mol. The summed E-state index contributed by atoms with van der Waals surface area (Å²) < 4.78 is 27.2. The Morgan fingerprint density at radius 1 is 1.19 bits per heavy atom. The Bertz CT molecular complexity index is 314. The molecule has 0 radical (unpaired) electrons. The molecule has 16 heavy (non-hydrogen) atoms. The molecule has 0 aliphatic rings. The molecule has 0 aliphatic carbocycles. The zero-order chi connectivity index (χ0) is 12.2. The van der Waals surface area contributed by atoms with Crippen molar-refractivity contribution in [3.05, 3.63) is 35.9 Å². The van der Waals surface area contributed by atoms with Crippen molar-refractivity contribution >= 4 is 0 Å². The Balaban J connectivity index is 2.83. The lowest BCUT2D eigenvalue weighted by Gasteiger charge is -2.27. The van der Waals surface area contributed by atoms with Gasteiger partial charge in [-0.15, -0.1) is 0 Å². The fourth-order valence-electron chi connectivity index (χ4n) is 1.51. The number of aliphatic hydroxyl groups is 2. The summed E-state index contributed by atoms with van der Waals surface area (Å²) >= 11 is 0. The second kappa shape index (κ2) is 5.37. The van der Waals surface area contributed by atoms with E-state index in [1.54, 1.807) is 25.1 Å². The lowest BCUT2D eigenvalue weighted by atomic mass is 9.97. The van der Waals surface area contributed by atoms with Crippen LogP contribution in [0, 0.1) is 0 Å². The molecule has 0 saturated heterocycles. The summed E-state index contributed by atoms with van der Waals surface area (Å²) in [5.41, 5.74) is 0.114. The summed E-state index contributed by atoms with van der Waals surface area (Å²) in [6.07, 6.45) is -3.36. The van der Waals surface area contributed by atoms with Crippen LogP contribution >= 0.6 is 0 Å². The van der Waals surface area contributed by atoms with Crippen LogP contribution in [0.2, 0.25) is 0 Å². The van der Waals surface area contributed by atoms with E-state index in [1.165, 1.54) is 12.1 Å². The smallest absolute Gasteiger partial charge is 0.302 e. The van der Waals surface area contributed by atoms with Gasteiger partial charge in [0.15, 0.2) is 0 Å². The van der Waals surface area contributed by atoms with Crippen molar-refractivity contribution in [2.24, 2.45) is 0 Å². The predicted molar refractivity (Wildman–Crippen MR) is 57.3 cm³/mol. The van der Waals surface area contributed by atoms with Gasteiger partial charge in [-0.25, -0.2) is 8.78 Å². The Morgan fingerprint density at radius 2 is 1.75 bits per heavy atom. The van der Waals surface area contributed by atoms with Crippen LogP contribution in [0.5, 0.6) is 0 Å². The van der Waals surface area contributed by atoms with Gasteiger partial charge in [-0.3, -0.25) is 0 Å². The van der Waals surface area contributed by atoms with Crippen LogP contribution in [0.1, 0.15) is 31.4 Å². The minimum absolute atomic E-state index is 0.0309. The molecule has 90 valence electrons. The normalized spacial score (nSPS) is 15.8.